The molecule has 0 aliphatic carbocycles. The van der Waals surface area contributed by atoms with E-state index in [2.05, 4.69) is 96.7 Å². The van der Waals surface area contributed by atoms with Gasteiger partial charge in [-0.1, -0.05) is 24.3 Å². The van der Waals surface area contributed by atoms with Gasteiger partial charge >= 0.3 is 0 Å². The number of hydrogen-bond donors (Lipinski definition) is 1. The van der Waals surface area contributed by atoms with Crippen LogP contribution in [0.25, 0.3) is 0 Å². The molecule has 0 unspecified atom stereocenters. The van der Waals surface area contributed by atoms with E-state index in [-0.39, 0.29) is 0 Å². The summed E-state index contributed by atoms with van der Waals surface area (Å²) in [6.45, 7) is 4.27. The van der Waals surface area contributed by atoms with Gasteiger partial charge in [0.1, 0.15) is 0 Å². The fourth-order valence-corrected chi connectivity index (χ4v) is 3.46. The van der Waals surface area contributed by atoms with Crippen molar-refractivity contribution in [3.05, 3.63) is 59.7 Å². The fourth-order valence-electron chi connectivity index (χ4n) is 3.46. The van der Waals surface area contributed by atoms with Gasteiger partial charge in [-0.05, 0) is 35.4 Å². The third-order valence-electron chi connectivity index (χ3n) is 4.97. The standard InChI is InChI=1S/C21H30N4/c1-23(2)19-9-5-17(6-10-19)21(25-15-13-22-14-16-25)18-7-11-20(12-8-18)24(3)4/h5-12,21-22H,13-16H2,1-4H3. The summed E-state index contributed by atoms with van der Waals surface area (Å²) < 4.78 is 0. The normalized spacial score (nSPS) is 15.4. The summed E-state index contributed by atoms with van der Waals surface area (Å²) >= 11 is 0. The molecule has 1 heterocycles. The Kier molecular flexibility index (Phi) is 5.61. The Bertz CT molecular complexity index is 604. The minimum absolute atomic E-state index is 0.314. The molecule has 0 saturated carbocycles. The molecule has 2 aromatic carbocycles. The van der Waals surface area contributed by atoms with Gasteiger partial charge in [-0.3, -0.25) is 4.90 Å². The third kappa shape index (κ3) is 4.14. The number of benzene rings is 2. The van der Waals surface area contributed by atoms with Crippen LogP contribution in [0.4, 0.5) is 11.4 Å². The number of rotatable bonds is 5. The lowest BCUT2D eigenvalue weighted by molar-refractivity contribution is 0.198. The SMILES string of the molecule is CN(C)c1ccc(C(c2ccc(N(C)C)cc2)N2CCNCC2)cc1. The quantitative estimate of drug-likeness (QED) is 0.905. The summed E-state index contributed by atoms with van der Waals surface area (Å²) in [5.41, 5.74) is 5.21. The van der Waals surface area contributed by atoms with Gasteiger partial charge < -0.3 is 15.1 Å². The molecule has 25 heavy (non-hydrogen) atoms. The van der Waals surface area contributed by atoms with E-state index in [9.17, 15) is 0 Å². The average molecular weight is 338 g/mol. The molecule has 0 aromatic heterocycles. The van der Waals surface area contributed by atoms with Crippen molar-refractivity contribution in [1.29, 1.82) is 0 Å². The summed E-state index contributed by atoms with van der Waals surface area (Å²) in [6.07, 6.45) is 0. The molecule has 0 spiro atoms. The van der Waals surface area contributed by atoms with Gasteiger partial charge in [0, 0.05) is 65.7 Å². The molecular weight excluding hydrogens is 308 g/mol. The predicted molar refractivity (Wildman–Crippen MR) is 108 cm³/mol. The van der Waals surface area contributed by atoms with Crippen LogP contribution in [0.5, 0.6) is 0 Å². The summed E-state index contributed by atoms with van der Waals surface area (Å²) in [7, 11) is 8.34. The maximum absolute atomic E-state index is 3.47. The van der Waals surface area contributed by atoms with Crippen LogP contribution in [0, 0.1) is 0 Å². The minimum Gasteiger partial charge on any atom is -0.378 e. The Morgan fingerprint density at radius 3 is 1.48 bits per heavy atom. The first-order chi connectivity index (χ1) is 12.1. The van der Waals surface area contributed by atoms with Gasteiger partial charge in [0.25, 0.3) is 0 Å². The molecule has 1 aliphatic rings. The van der Waals surface area contributed by atoms with Crippen molar-refractivity contribution >= 4 is 11.4 Å². The van der Waals surface area contributed by atoms with E-state index in [0.29, 0.717) is 6.04 Å². The molecule has 1 aliphatic heterocycles. The van der Waals surface area contributed by atoms with Crippen LogP contribution in [0.3, 0.4) is 0 Å². The van der Waals surface area contributed by atoms with Crippen molar-refractivity contribution in [3.63, 3.8) is 0 Å². The highest BCUT2D eigenvalue weighted by Crippen LogP contribution is 2.31. The number of anilines is 2. The molecule has 0 amide bonds. The lowest BCUT2D eigenvalue weighted by Crippen LogP contribution is -2.45. The Hall–Kier alpha value is -2.04. The number of piperazine rings is 1. The van der Waals surface area contributed by atoms with Gasteiger partial charge in [-0.25, -0.2) is 0 Å². The van der Waals surface area contributed by atoms with Crippen LogP contribution >= 0.6 is 0 Å². The highest BCUT2D eigenvalue weighted by molar-refractivity contribution is 5.50. The van der Waals surface area contributed by atoms with Crippen LogP contribution < -0.4 is 15.1 Å². The summed E-state index contributed by atoms with van der Waals surface area (Å²) in [5, 5.41) is 3.47. The molecule has 0 bridgehead atoms. The Morgan fingerprint density at radius 2 is 1.12 bits per heavy atom. The number of nitrogens with zero attached hydrogens (tertiary/aromatic N) is 3. The van der Waals surface area contributed by atoms with Gasteiger partial charge in [-0.15, -0.1) is 0 Å². The first kappa shape index (κ1) is 17.8. The topological polar surface area (TPSA) is 21.8 Å². The molecule has 1 fully saturated rings. The Morgan fingerprint density at radius 1 is 0.720 bits per heavy atom. The summed E-state index contributed by atoms with van der Waals surface area (Å²) in [4.78, 5) is 6.89. The molecule has 4 heteroatoms. The van der Waals surface area contributed by atoms with Crippen LogP contribution in [-0.2, 0) is 0 Å². The second kappa shape index (κ2) is 7.89. The first-order valence-electron chi connectivity index (χ1n) is 9.05. The van der Waals surface area contributed by atoms with E-state index < -0.39 is 0 Å². The maximum atomic E-state index is 3.47. The van der Waals surface area contributed by atoms with Gasteiger partial charge in [-0.2, -0.15) is 0 Å². The van der Waals surface area contributed by atoms with Crippen LogP contribution in [0.15, 0.2) is 48.5 Å². The van der Waals surface area contributed by atoms with E-state index in [0.717, 1.165) is 26.2 Å². The maximum Gasteiger partial charge on any atom is 0.0602 e. The zero-order valence-electron chi connectivity index (χ0n) is 15.9. The number of nitrogens with one attached hydrogen (secondary N) is 1. The van der Waals surface area contributed by atoms with E-state index in [4.69, 9.17) is 0 Å². The highest BCUT2D eigenvalue weighted by Gasteiger charge is 2.24. The molecule has 1 N–H and O–H groups in total. The van der Waals surface area contributed by atoms with Crippen molar-refractivity contribution < 1.29 is 0 Å². The number of hydrogen-bond acceptors (Lipinski definition) is 4. The van der Waals surface area contributed by atoms with Crippen LogP contribution in [0.1, 0.15) is 17.2 Å². The lowest BCUT2D eigenvalue weighted by atomic mass is 9.96. The van der Waals surface area contributed by atoms with Crippen LogP contribution in [-0.4, -0.2) is 59.3 Å². The molecule has 0 radical (unpaired) electrons. The van der Waals surface area contributed by atoms with E-state index in [1.54, 1.807) is 0 Å². The van der Waals surface area contributed by atoms with Crippen molar-refractivity contribution in [1.82, 2.24) is 10.2 Å². The predicted octanol–water partition coefficient (Wildman–Crippen LogP) is 2.81. The lowest BCUT2D eigenvalue weighted by Gasteiger charge is -2.36. The van der Waals surface area contributed by atoms with Crippen molar-refractivity contribution in [2.45, 2.75) is 6.04 Å². The van der Waals surface area contributed by atoms with Gasteiger partial charge in [0.05, 0.1) is 6.04 Å². The average Bonchev–Trinajstić information content (AvgIpc) is 2.64. The first-order valence-corrected chi connectivity index (χ1v) is 9.05. The Labute approximate surface area is 152 Å². The molecule has 1 saturated heterocycles. The second-order valence-corrected chi connectivity index (χ2v) is 7.16. The van der Waals surface area contributed by atoms with Crippen molar-refractivity contribution in [3.8, 4) is 0 Å². The fraction of sp³-hybridized carbons (Fsp3) is 0.429. The summed E-state index contributed by atoms with van der Waals surface area (Å²) in [6, 6.07) is 18.3. The van der Waals surface area contributed by atoms with Gasteiger partial charge in [0.15, 0.2) is 0 Å². The summed E-state index contributed by atoms with van der Waals surface area (Å²) in [5.74, 6) is 0. The molecular formula is C21H30N4. The zero-order chi connectivity index (χ0) is 17.8. The molecule has 3 rings (SSSR count). The van der Waals surface area contributed by atoms with E-state index in [1.807, 2.05) is 0 Å². The Balaban J connectivity index is 1.94. The van der Waals surface area contributed by atoms with E-state index >= 15 is 0 Å². The van der Waals surface area contributed by atoms with Crippen molar-refractivity contribution in [2.24, 2.45) is 0 Å². The molecule has 134 valence electrons. The third-order valence-corrected chi connectivity index (χ3v) is 4.97. The molecule has 0 atom stereocenters. The smallest absolute Gasteiger partial charge is 0.0602 e. The minimum atomic E-state index is 0.314. The molecule has 4 nitrogen and oxygen atoms in total. The largest absolute Gasteiger partial charge is 0.378 e. The monoisotopic (exact) mass is 338 g/mol. The molecule has 2 aromatic rings. The van der Waals surface area contributed by atoms with Gasteiger partial charge in [0.2, 0.25) is 0 Å². The zero-order valence-corrected chi connectivity index (χ0v) is 15.9. The highest BCUT2D eigenvalue weighted by atomic mass is 15.2. The van der Waals surface area contributed by atoms with E-state index in [1.165, 1.54) is 22.5 Å². The van der Waals surface area contributed by atoms with Crippen molar-refractivity contribution in [2.75, 3.05) is 64.2 Å². The second-order valence-electron chi connectivity index (χ2n) is 7.16. The van der Waals surface area contributed by atoms with Crippen LogP contribution in [0.2, 0.25) is 0 Å².